The van der Waals surface area contributed by atoms with Crippen LogP contribution < -0.4 is 25.0 Å². The molecule has 34 heavy (non-hydrogen) atoms. The van der Waals surface area contributed by atoms with E-state index in [4.69, 9.17) is 14.2 Å². The molecular weight excluding hydrogens is 434 g/mol. The lowest BCUT2D eigenvalue weighted by atomic mass is 10.2. The minimum atomic E-state index is -0.394. The number of rotatable bonds is 11. The van der Waals surface area contributed by atoms with E-state index in [1.54, 1.807) is 60.7 Å². The highest BCUT2D eigenvalue weighted by Gasteiger charge is 2.10. The van der Waals surface area contributed by atoms with Crippen molar-refractivity contribution in [3.63, 3.8) is 0 Å². The van der Waals surface area contributed by atoms with Crippen molar-refractivity contribution in [2.75, 3.05) is 25.6 Å². The lowest BCUT2D eigenvalue weighted by Crippen LogP contribution is -2.20. The highest BCUT2D eigenvalue weighted by atomic mass is 16.5. The zero-order valence-corrected chi connectivity index (χ0v) is 18.7. The average molecular weight is 460 g/mol. The summed E-state index contributed by atoms with van der Waals surface area (Å²) in [5, 5.41) is 6.73. The SMILES string of the molecule is C=CCOc1ccc(C(=O)N/N=C/c2ccc(OCC(=O)Nc3ccccc3)cc2)cc1OC. The fourth-order valence-electron chi connectivity index (χ4n) is 2.82. The number of amides is 2. The molecule has 0 aromatic heterocycles. The van der Waals surface area contributed by atoms with Crippen LogP contribution in [0.4, 0.5) is 5.69 Å². The third-order valence-electron chi connectivity index (χ3n) is 4.47. The molecule has 0 aliphatic heterocycles. The second-order valence-electron chi connectivity index (χ2n) is 6.94. The van der Waals surface area contributed by atoms with Crippen LogP contribution in [0.1, 0.15) is 15.9 Å². The number of nitrogens with one attached hydrogen (secondary N) is 2. The first kappa shape index (κ1) is 24.1. The van der Waals surface area contributed by atoms with E-state index in [1.165, 1.54) is 13.3 Å². The number of para-hydroxylation sites is 1. The first-order chi connectivity index (χ1) is 16.6. The Balaban J connectivity index is 1.48. The molecule has 0 unspecified atom stereocenters. The summed E-state index contributed by atoms with van der Waals surface area (Å²) in [6.45, 7) is 3.82. The maximum atomic E-state index is 12.4. The van der Waals surface area contributed by atoms with E-state index < -0.39 is 5.91 Å². The molecule has 8 heteroatoms. The first-order valence-corrected chi connectivity index (χ1v) is 10.4. The van der Waals surface area contributed by atoms with E-state index in [0.717, 1.165) is 5.56 Å². The molecule has 0 saturated carbocycles. The Labute approximate surface area is 197 Å². The van der Waals surface area contributed by atoms with Crippen molar-refractivity contribution in [2.24, 2.45) is 5.10 Å². The number of carbonyl (C=O) groups is 2. The Morgan fingerprint density at radius 3 is 2.44 bits per heavy atom. The number of hydrogen-bond acceptors (Lipinski definition) is 6. The highest BCUT2D eigenvalue weighted by Crippen LogP contribution is 2.28. The van der Waals surface area contributed by atoms with Gasteiger partial charge in [-0.1, -0.05) is 30.9 Å². The van der Waals surface area contributed by atoms with Crippen LogP contribution >= 0.6 is 0 Å². The van der Waals surface area contributed by atoms with E-state index in [0.29, 0.717) is 35.1 Å². The smallest absolute Gasteiger partial charge is 0.271 e. The Morgan fingerprint density at radius 1 is 0.971 bits per heavy atom. The summed E-state index contributed by atoms with van der Waals surface area (Å²) in [5.74, 6) is 0.842. The fraction of sp³-hybridized carbons (Fsp3) is 0.115. The standard InChI is InChI=1S/C26H25N3O5/c1-3-15-33-23-14-11-20(16-24(23)32-2)26(31)29-27-17-19-9-12-22(13-10-19)34-18-25(30)28-21-7-5-4-6-8-21/h3-14,16-17H,1,15,18H2,2H3,(H,28,30)(H,29,31)/b27-17+. The molecule has 3 rings (SSSR count). The monoisotopic (exact) mass is 459 g/mol. The Hall–Kier alpha value is -4.59. The second-order valence-corrected chi connectivity index (χ2v) is 6.94. The number of anilines is 1. The summed E-state index contributed by atoms with van der Waals surface area (Å²) in [5.41, 5.74) is 4.30. The van der Waals surface area contributed by atoms with Gasteiger partial charge in [0.2, 0.25) is 0 Å². The molecule has 2 amide bonds. The predicted molar refractivity (Wildman–Crippen MR) is 131 cm³/mol. The van der Waals surface area contributed by atoms with Crippen LogP contribution in [-0.2, 0) is 4.79 Å². The number of nitrogens with zero attached hydrogens (tertiary/aromatic N) is 1. The normalized spacial score (nSPS) is 10.4. The Morgan fingerprint density at radius 2 is 1.74 bits per heavy atom. The van der Waals surface area contributed by atoms with Gasteiger partial charge in [0.25, 0.3) is 11.8 Å². The molecule has 0 bridgehead atoms. The van der Waals surface area contributed by atoms with Crippen molar-refractivity contribution in [2.45, 2.75) is 0 Å². The van der Waals surface area contributed by atoms with Crippen LogP contribution in [0.2, 0.25) is 0 Å². The van der Waals surface area contributed by atoms with Gasteiger partial charge in [-0.05, 0) is 60.2 Å². The molecule has 2 N–H and O–H groups in total. The molecule has 0 atom stereocenters. The summed E-state index contributed by atoms with van der Waals surface area (Å²) < 4.78 is 16.2. The molecule has 0 aliphatic carbocycles. The topological polar surface area (TPSA) is 98.3 Å². The van der Waals surface area contributed by atoms with Gasteiger partial charge in [-0.2, -0.15) is 5.10 Å². The zero-order chi connectivity index (χ0) is 24.2. The molecule has 0 heterocycles. The number of ether oxygens (including phenoxy) is 3. The Bertz CT molecular complexity index is 1140. The summed E-state index contributed by atoms with van der Waals surface area (Å²) in [4.78, 5) is 24.3. The van der Waals surface area contributed by atoms with Crippen molar-refractivity contribution in [3.8, 4) is 17.2 Å². The van der Waals surface area contributed by atoms with Gasteiger partial charge in [-0.15, -0.1) is 0 Å². The van der Waals surface area contributed by atoms with E-state index in [2.05, 4.69) is 22.4 Å². The maximum Gasteiger partial charge on any atom is 0.271 e. The van der Waals surface area contributed by atoms with E-state index in [-0.39, 0.29) is 12.5 Å². The molecule has 3 aromatic carbocycles. The van der Waals surface area contributed by atoms with Crippen molar-refractivity contribution < 1.29 is 23.8 Å². The zero-order valence-electron chi connectivity index (χ0n) is 18.7. The summed E-state index contributed by atoms with van der Waals surface area (Å²) in [6, 6.07) is 20.9. The number of carbonyl (C=O) groups excluding carboxylic acids is 2. The summed E-state index contributed by atoms with van der Waals surface area (Å²) in [6.07, 6.45) is 3.12. The van der Waals surface area contributed by atoms with Gasteiger partial charge in [-0.3, -0.25) is 9.59 Å². The number of methoxy groups -OCH3 is 1. The van der Waals surface area contributed by atoms with Crippen molar-refractivity contribution in [1.82, 2.24) is 5.43 Å². The molecular formula is C26H25N3O5. The molecule has 0 radical (unpaired) electrons. The predicted octanol–water partition coefficient (Wildman–Crippen LogP) is 4.04. The van der Waals surface area contributed by atoms with Gasteiger partial charge in [0, 0.05) is 11.3 Å². The minimum absolute atomic E-state index is 0.112. The average Bonchev–Trinajstić information content (AvgIpc) is 2.87. The number of hydrazone groups is 1. The lowest BCUT2D eigenvalue weighted by molar-refractivity contribution is -0.118. The molecule has 8 nitrogen and oxygen atoms in total. The minimum Gasteiger partial charge on any atom is -0.493 e. The van der Waals surface area contributed by atoms with Crippen LogP contribution in [-0.4, -0.2) is 38.4 Å². The van der Waals surface area contributed by atoms with Gasteiger partial charge in [0.15, 0.2) is 18.1 Å². The van der Waals surface area contributed by atoms with Gasteiger partial charge < -0.3 is 19.5 Å². The van der Waals surface area contributed by atoms with E-state index in [9.17, 15) is 9.59 Å². The van der Waals surface area contributed by atoms with E-state index in [1.807, 2.05) is 18.2 Å². The van der Waals surface area contributed by atoms with Crippen molar-refractivity contribution in [1.29, 1.82) is 0 Å². The highest BCUT2D eigenvalue weighted by molar-refractivity contribution is 5.95. The van der Waals surface area contributed by atoms with Crippen molar-refractivity contribution >= 4 is 23.7 Å². The van der Waals surface area contributed by atoms with Crippen LogP contribution in [0.15, 0.2) is 90.6 Å². The van der Waals surface area contributed by atoms with Crippen LogP contribution in [0.25, 0.3) is 0 Å². The lowest BCUT2D eigenvalue weighted by Gasteiger charge is -2.10. The third kappa shape index (κ3) is 7.23. The largest absolute Gasteiger partial charge is 0.493 e. The number of benzene rings is 3. The van der Waals surface area contributed by atoms with Gasteiger partial charge in [0.1, 0.15) is 12.4 Å². The fourth-order valence-corrected chi connectivity index (χ4v) is 2.82. The quantitative estimate of drug-likeness (QED) is 0.256. The molecule has 0 fully saturated rings. The second kappa shape index (κ2) is 12.4. The molecule has 0 saturated heterocycles. The number of hydrogen-bond donors (Lipinski definition) is 2. The van der Waals surface area contributed by atoms with Crippen LogP contribution in [0, 0.1) is 0 Å². The first-order valence-electron chi connectivity index (χ1n) is 10.4. The van der Waals surface area contributed by atoms with Crippen LogP contribution in [0.3, 0.4) is 0 Å². The summed E-state index contributed by atoms with van der Waals surface area (Å²) >= 11 is 0. The Kier molecular flexibility index (Phi) is 8.81. The third-order valence-corrected chi connectivity index (χ3v) is 4.47. The molecule has 0 aliphatic rings. The molecule has 174 valence electrons. The van der Waals surface area contributed by atoms with Crippen molar-refractivity contribution in [3.05, 3.63) is 96.6 Å². The van der Waals surface area contributed by atoms with Gasteiger partial charge in [-0.25, -0.2) is 5.43 Å². The maximum absolute atomic E-state index is 12.4. The van der Waals surface area contributed by atoms with Gasteiger partial charge >= 0.3 is 0 Å². The van der Waals surface area contributed by atoms with Crippen LogP contribution in [0.5, 0.6) is 17.2 Å². The van der Waals surface area contributed by atoms with E-state index >= 15 is 0 Å². The van der Waals surface area contributed by atoms with Gasteiger partial charge in [0.05, 0.1) is 13.3 Å². The molecule has 3 aromatic rings. The molecule has 0 spiro atoms. The summed E-state index contributed by atoms with van der Waals surface area (Å²) in [7, 11) is 1.50.